The monoisotopic (exact) mass is 325 g/mol. The Morgan fingerprint density at radius 1 is 1.17 bits per heavy atom. The molecule has 0 aliphatic carbocycles. The van der Waals surface area contributed by atoms with Gasteiger partial charge in [0.1, 0.15) is 5.75 Å². The van der Waals surface area contributed by atoms with Gasteiger partial charge >= 0.3 is 0 Å². The van der Waals surface area contributed by atoms with Crippen molar-refractivity contribution in [3.63, 3.8) is 0 Å². The number of nitrogen functional groups attached to an aromatic ring is 1. The van der Waals surface area contributed by atoms with Gasteiger partial charge in [-0.25, -0.2) is 5.43 Å². The number of nitrogens with zero attached hydrogens (tertiary/aromatic N) is 1. The van der Waals surface area contributed by atoms with Crippen LogP contribution in [0.25, 0.3) is 0 Å². The minimum atomic E-state index is -0.173. The molecule has 0 saturated carbocycles. The standard InChI is InChI=1S/C19H23N3O2/c1-14(2)13-24-18-9-5-16(6-10-18)12-21-22-19(23)11-15-3-7-17(20)8-4-15/h3-10,12,14H,11,13,20H2,1-2H3,(H,22,23)/b21-12-. The van der Waals surface area contributed by atoms with Crippen LogP contribution in [0.3, 0.4) is 0 Å². The van der Waals surface area contributed by atoms with Crippen LogP contribution in [0.1, 0.15) is 25.0 Å². The third-order valence-electron chi connectivity index (χ3n) is 3.21. The Labute approximate surface area is 142 Å². The maximum absolute atomic E-state index is 11.8. The van der Waals surface area contributed by atoms with Gasteiger partial charge in [0.05, 0.1) is 19.2 Å². The van der Waals surface area contributed by atoms with Crippen molar-refractivity contribution < 1.29 is 9.53 Å². The van der Waals surface area contributed by atoms with E-state index in [1.807, 2.05) is 36.4 Å². The zero-order valence-corrected chi connectivity index (χ0v) is 14.0. The second-order valence-corrected chi connectivity index (χ2v) is 5.99. The summed E-state index contributed by atoms with van der Waals surface area (Å²) in [6.45, 7) is 4.90. The smallest absolute Gasteiger partial charge is 0.244 e. The molecule has 126 valence electrons. The van der Waals surface area contributed by atoms with Crippen LogP contribution in [0.5, 0.6) is 5.75 Å². The number of ether oxygens (including phenoxy) is 1. The highest BCUT2D eigenvalue weighted by atomic mass is 16.5. The molecule has 0 aliphatic rings. The van der Waals surface area contributed by atoms with E-state index in [1.165, 1.54) is 0 Å². The molecule has 5 nitrogen and oxygen atoms in total. The zero-order valence-electron chi connectivity index (χ0n) is 14.0. The molecule has 5 heteroatoms. The third-order valence-corrected chi connectivity index (χ3v) is 3.21. The van der Waals surface area contributed by atoms with Crippen molar-refractivity contribution in [2.45, 2.75) is 20.3 Å². The first-order chi connectivity index (χ1) is 11.5. The van der Waals surface area contributed by atoms with Gasteiger partial charge in [-0.1, -0.05) is 26.0 Å². The van der Waals surface area contributed by atoms with E-state index in [4.69, 9.17) is 10.5 Å². The SMILES string of the molecule is CC(C)COc1ccc(/C=N\NC(=O)Cc2ccc(N)cc2)cc1. The van der Waals surface area contributed by atoms with Gasteiger partial charge in [-0.15, -0.1) is 0 Å². The average Bonchev–Trinajstić information content (AvgIpc) is 2.56. The van der Waals surface area contributed by atoms with E-state index in [1.54, 1.807) is 18.3 Å². The molecule has 24 heavy (non-hydrogen) atoms. The van der Waals surface area contributed by atoms with Crippen LogP contribution < -0.4 is 15.9 Å². The number of amides is 1. The second-order valence-electron chi connectivity index (χ2n) is 5.99. The summed E-state index contributed by atoms with van der Waals surface area (Å²) in [5.74, 6) is 1.14. The Balaban J connectivity index is 1.80. The number of hydrogen-bond donors (Lipinski definition) is 2. The lowest BCUT2D eigenvalue weighted by atomic mass is 10.1. The van der Waals surface area contributed by atoms with Crippen LogP contribution in [-0.4, -0.2) is 18.7 Å². The Morgan fingerprint density at radius 3 is 2.46 bits per heavy atom. The number of hydrogen-bond acceptors (Lipinski definition) is 4. The molecule has 0 bridgehead atoms. The molecule has 2 aromatic carbocycles. The molecule has 0 unspecified atom stereocenters. The van der Waals surface area contributed by atoms with Crippen molar-refractivity contribution >= 4 is 17.8 Å². The van der Waals surface area contributed by atoms with E-state index in [0.29, 0.717) is 18.2 Å². The van der Waals surface area contributed by atoms with Crippen LogP contribution in [0.4, 0.5) is 5.69 Å². The van der Waals surface area contributed by atoms with Gasteiger partial charge < -0.3 is 10.5 Å². The summed E-state index contributed by atoms with van der Waals surface area (Å²) in [6, 6.07) is 14.8. The molecule has 0 heterocycles. The summed E-state index contributed by atoms with van der Waals surface area (Å²) >= 11 is 0. The third kappa shape index (κ3) is 6.12. The van der Waals surface area contributed by atoms with Crippen LogP contribution in [0.2, 0.25) is 0 Å². The molecule has 2 aromatic rings. The van der Waals surface area contributed by atoms with Gasteiger partial charge in [-0.05, 0) is 53.4 Å². The Morgan fingerprint density at radius 2 is 1.83 bits per heavy atom. The molecule has 0 atom stereocenters. The zero-order chi connectivity index (χ0) is 17.4. The number of carbonyl (C=O) groups excluding carboxylic acids is 1. The van der Waals surface area contributed by atoms with E-state index >= 15 is 0 Å². The number of hydrazone groups is 1. The number of nitrogens with one attached hydrogen (secondary N) is 1. The van der Waals surface area contributed by atoms with E-state index in [2.05, 4.69) is 24.4 Å². The lowest BCUT2D eigenvalue weighted by Crippen LogP contribution is -2.19. The summed E-state index contributed by atoms with van der Waals surface area (Å²) in [5.41, 5.74) is 10.6. The highest BCUT2D eigenvalue weighted by molar-refractivity contribution is 5.83. The number of benzene rings is 2. The molecular formula is C19H23N3O2. The average molecular weight is 325 g/mol. The van der Waals surface area contributed by atoms with Gasteiger partial charge in [-0.2, -0.15) is 5.10 Å². The number of carbonyl (C=O) groups is 1. The fourth-order valence-electron chi connectivity index (χ4n) is 1.95. The largest absolute Gasteiger partial charge is 0.493 e. The first-order valence-corrected chi connectivity index (χ1v) is 7.92. The predicted molar refractivity (Wildman–Crippen MR) is 97.1 cm³/mol. The van der Waals surface area contributed by atoms with E-state index in [0.717, 1.165) is 16.9 Å². The van der Waals surface area contributed by atoms with Gasteiger partial charge in [0.25, 0.3) is 0 Å². The molecule has 1 amide bonds. The molecule has 0 radical (unpaired) electrons. The highest BCUT2D eigenvalue weighted by Crippen LogP contribution is 2.12. The number of anilines is 1. The lowest BCUT2D eigenvalue weighted by molar-refractivity contribution is -0.120. The summed E-state index contributed by atoms with van der Waals surface area (Å²) < 4.78 is 5.62. The summed E-state index contributed by atoms with van der Waals surface area (Å²) in [4.78, 5) is 11.8. The highest BCUT2D eigenvalue weighted by Gasteiger charge is 2.02. The summed E-state index contributed by atoms with van der Waals surface area (Å²) in [5, 5.41) is 3.97. The van der Waals surface area contributed by atoms with Crippen molar-refractivity contribution in [2.24, 2.45) is 11.0 Å². The molecule has 0 fully saturated rings. The summed E-state index contributed by atoms with van der Waals surface area (Å²) in [7, 11) is 0. The van der Waals surface area contributed by atoms with Gasteiger partial charge in [0.2, 0.25) is 5.91 Å². The van der Waals surface area contributed by atoms with Crippen molar-refractivity contribution in [1.82, 2.24) is 5.43 Å². The first kappa shape index (κ1) is 17.5. The Bertz CT molecular complexity index is 677. The topological polar surface area (TPSA) is 76.7 Å². The fraction of sp³-hybridized carbons (Fsp3) is 0.263. The maximum atomic E-state index is 11.8. The van der Waals surface area contributed by atoms with E-state index < -0.39 is 0 Å². The number of rotatable bonds is 7. The van der Waals surface area contributed by atoms with Crippen molar-refractivity contribution in [1.29, 1.82) is 0 Å². The predicted octanol–water partition coefficient (Wildman–Crippen LogP) is 3.00. The minimum Gasteiger partial charge on any atom is -0.493 e. The molecule has 3 N–H and O–H groups in total. The molecule has 2 rings (SSSR count). The molecule has 0 aliphatic heterocycles. The van der Waals surface area contributed by atoms with E-state index in [9.17, 15) is 4.79 Å². The van der Waals surface area contributed by atoms with Gasteiger partial charge in [-0.3, -0.25) is 4.79 Å². The first-order valence-electron chi connectivity index (χ1n) is 7.92. The van der Waals surface area contributed by atoms with Crippen LogP contribution in [0, 0.1) is 5.92 Å². The Hall–Kier alpha value is -2.82. The van der Waals surface area contributed by atoms with Gasteiger partial charge in [0.15, 0.2) is 0 Å². The molecular weight excluding hydrogens is 302 g/mol. The van der Waals surface area contributed by atoms with Crippen LogP contribution >= 0.6 is 0 Å². The minimum absolute atomic E-state index is 0.173. The summed E-state index contributed by atoms with van der Waals surface area (Å²) in [6.07, 6.45) is 1.87. The van der Waals surface area contributed by atoms with Crippen LogP contribution in [-0.2, 0) is 11.2 Å². The maximum Gasteiger partial charge on any atom is 0.244 e. The fourth-order valence-corrected chi connectivity index (χ4v) is 1.95. The molecule has 0 saturated heterocycles. The normalized spacial score (nSPS) is 11.0. The molecule has 0 spiro atoms. The van der Waals surface area contributed by atoms with E-state index in [-0.39, 0.29) is 12.3 Å². The van der Waals surface area contributed by atoms with Crippen molar-refractivity contribution in [3.05, 3.63) is 59.7 Å². The van der Waals surface area contributed by atoms with Crippen molar-refractivity contribution in [2.75, 3.05) is 12.3 Å². The van der Waals surface area contributed by atoms with Gasteiger partial charge in [0, 0.05) is 5.69 Å². The Kier molecular flexibility index (Phi) is 6.37. The number of nitrogens with two attached hydrogens (primary N) is 1. The van der Waals surface area contributed by atoms with Crippen LogP contribution in [0.15, 0.2) is 53.6 Å². The second kappa shape index (κ2) is 8.72. The molecule has 0 aromatic heterocycles. The van der Waals surface area contributed by atoms with Crippen molar-refractivity contribution in [3.8, 4) is 5.75 Å². The lowest BCUT2D eigenvalue weighted by Gasteiger charge is -2.08. The quantitative estimate of drug-likeness (QED) is 0.467.